The average molecular weight is 262 g/mol. The van der Waals surface area contributed by atoms with Gasteiger partial charge in [-0.05, 0) is 36.8 Å². The highest BCUT2D eigenvalue weighted by atomic mass is 16.7. The number of carbonyl (C=O) groups excluding carboxylic acids is 2. The second-order valence-electron chi connectivity index (χ2n) is 4.30. The standard InChI is InChI=1S/C14H14O5/c1-9(2)8-17-11-5-3-10(4-6-11)14-18-12(15)7-13(16)19-14/h3-6,14H,1,7-8H2,2H3. The maximum absolute atomic E-state index is 11.1. The van der Waals surface area contributed by atoms with Gasteiger partial charge in [0.1, 0.15) is 18.8 Å². The Labute approximate surface area is 110 Å². The van der Waals surface area contributed by atoms with Gasteiger partial charge in [-0.2, -0.15) is 0 Å². The molecule has 0 atom stereocenters. The first-order valence-electron chi connectivity index (χ1n) is 5.80. The Morgan fingerprint density at radius 2 is 1.84 bits per heavy atom. The van der Waals surface area contributed by atoms with Gasteiger partial charge >= 0.3 is 11.9 Å². The molecule has 19 heavy (non-hydrogen) atoms. The van der Waals surface area contributed by atoms with Gasteiger partial charge < -0.3 is 14.2 Å². The van der Waals surface area contributed by atoms with E-state index >= 15 is 0 Å². The van der Waals surface area contributed by atoms with Crippen LogP contribution in [0.3, 0.4) is 0 Å². The number of benzene rings is 1. The van der Waals surface area contributed by atoms with Crippen LogP contribution in [0.2, 0.25) is 0 Å². The summed E-state index contributed by atoms with van der Waals surface area (Å²) in [6.45, 7) is 6.05. The van der Waals surface area contributed by atoms with Crippen LogP contribution in [0.5, 0.6) is 5.75 Å². The lowest BCUT2D eigenvalue weighted by molar-refractivity contribution is -0.204. The maximum Gasteiger partial charge on any atom is 0.320 e. The number of esters is 2. The summed E-state index contributed by atoms with van der Waals surface area (Å²) in [6, 6.07) is 6.80. The first-order valence-corrected chi connectivity index (χ1v) is 5.80. The van der Waals surface area contributed by atoms with E-state index in [0.717, 1.165) is 5.57 Å². The molecular weight excluding hydrogens is 248 g/mol. The van der Waals surface area contributed by atoms with E-state index in [2.05, 4.69) is 6.58 Å². The van der Waals surface area contributed by atoms with Gasteiger partial charge in [0.2, 0.25) is 0 Å². The van der Waals surface area contributed by atoms with Gasteiger partial charge in [-0.1, -0.05) is 6.58 Å². The van der Waals surface area contributed by atoms with Gasteiger partial charge in [0.25, 0.3) is 6.29 Å². The van der Waals surface area contributed by atoms with Crippen LogP contribution in [0.15, 0.2) is 36.4 Å². The lowest BCUT2D eigenvalue weighted by Crippen LogP contribution is -2.26. The third-order valence-corrected chi connectivity index (χ3v) is 2.40. The number of rotatable bonds is 4. The normalized spacial score (nSPS) is 15.6. The molecule has 2 rings (SSSR count). The highest BCUT2D eigenvalue weighted by Gasteiger charge is 2.28. The fraction of sp³-hybridized carbons (Fsp3) is 0.286. The SMILES string of the molecule is C=C(C)COc1ccc(C2OC(=O)CC(=O)O2)cc1. The molecule has 0 radical (unpaired) electrons. The Morgan fingerprint density at radius 1 is 1.26 bits per heavy atom. The lowest BCUT2D eigenvalue weighted by Gasteiger charge is -2.22. The molecule has 1 aliphatic heterocycles. The summed E-state index contributed by atoms with van der Waals surface area (Å²) in [7, 11) is 0. The van der Waals surface area contributed by atoms with Crippen molar-refractivity contribution in [3.63, 3.8) is 0 Å². The molecule has 0 aliphatic carbocycles. The fourth-order valence-electron chi connectivity index (χ4n) is 1.53. The molecule has 0 bridgehead atoms. The molecule has 5 nitrogen and oxygen atoms in total. The van der Waals surface area contributed by atoms with Crippen molar-refractivity contribution in [1.82, 2.24) is 0 Å². The summed E-state index contributed by atoms with van der Waals surface area (Å²) in [5.74, 6) is -0.493. The second-order valence-corrected chi connectivity index (χ2v) is 4.30. The second kappa shape index (κ2) is 5.56. The molecule has 100 valence electrons. The van der Waals surface area contributed by atoms with E-state index in [1.165, 1.54) is 0 Å². The van der Waals surface area contributed by atoms with Crippen LogP contribution in [0.25, 0.3) is 0 Å². The molecule has 0 saturated carbocycles. The van der Waals surface area contributed by atoms with Crippen molar-refractivity contribution in [3.05, 3.63) is 42.0 Å². The zero-order valence-electron chi connectivity index (χ0n) is 10.5. The third-order valence-electron chi connectivity index (χ3n) is 2.40. The van der Waals surface area contributed by atoms with E-state index in [4.69, 9.17) is 14.2 Å². The van der Waals surface area contributed by atoms with E-state index in [0.29, 0.717) is 17.9 Å². The minimum atomic E-state index is -0.969. The van der Waals surface area contributed by atoms with E-state index in [1.807, 2.05) is 6.92 Å². The first-order chi connectivity index (χ1) is 9.04. The highest BCUT2D eigenvalue weighted by molar-refractivity contribution is 5.92. The van der Waals surface area contributed by atoms with Crippen molar-refractivity contribution >= 4 is 11.9 Å². The summed E-state index contributed by atoms with van der Waals surface area (Å²) in [4.78, 5) is 22.3. The molecule has 1 aromatic carbocycles. The van der Waals surface area contributed by atoms with Gasteiger partial charge in [-0.25, -0.2) is 0 Å². The van der Waals surface area contributed by atoms with Gasteiger partial charge in [-0.15, -0.1) is 0 Å². The van der Waals surface area contributed by atoms with Crippen molar-refractivity contribution in [2.24, 2.45) is 0 Å². The summed E-state index contributed by atoms with van der Waals surface area (Å²) < 4.78 is 15.3. The van der Waals surface area contributed by atoms with Crippen LogP contribution in [0.4, 0.5) is 0 Å². The van der Waals surface area contributed by atoms with Crippen LogP contribution < -0.4 is 4.74 Å². The topological polar surface area (TPSA) is 61.8 Å². The zero-order chi connectivity index (χ0) is 13.8. The predicted molar refractivity (Wildman–Crippen MR) is 66.3 cm³/mol. The monoisotopic (exact) mass is 262 g/mol. The molecule has 1 aliphatic rings. The van der Waals surface area contributed by atoms with E-state index in [1.54, 1.807) is 24.3 Å². The third kappa shape index (κ3) is 3.58. The largest absolute Gasteiger partial charge is 0.489 e. The number of carbonyl (C=O) groups is 2. The summed E-state index contributed by atoms with van der Waals surface area (Å²) in [5.41, 5.74) is 1.50. The maximum atomic E-state index is 11.1. The molecular formula is C14H14O5. The molecule has 5 heteroatoms. The Balaban J connectivity index is 2.03. The van der Waals surface area contributed by atoms with Crippen molar-refractivity contribution in [2.75, 3.05) is 6.61 Å². The molecule has 0 amide bonds. The number of hydrogen-bond donors (Lipinski definition) is 0. The van der Waals surface area contributed by atoms with Crippen LogP contribution in [0.1, 0.15) is 25.2 Å². The molecule has 0 unspecified atom stereocenters. The van der Waals surface area contributed by atoms with Crippen molar-refractivity contribution < 1.29 is 23.8 Å². The molecule has 1 aromatic rings. The molecule has 0 aromatic heterocycles. The van der Waals surface area contributed by atoms with Crippen molar-refractivity contribution in [2.45, 2.75) is 19.6 Å². The van der Waals surface area contributed by atoms with Crippen molar-refractivity contribution in [1.29, 1.82) is 0 Å². The van der Waals surface area contributed by atoms with E-state index < -0.39 is 18.2 Å². The van der Waals surface area contributed by atoms with Crippen LogP contribution in [-0.4, -0.2) is 18.5 Å². The van der Waals surface area contributed by atoms with Gasteiger partial charge in [-0.3, -0.25) is 9.59 Å². The molecule has 1 fully saturated rings. The average Bonchev–Trinajstić information content (AvgIpc) is 2.36. The van der Waals surface area contributed by atoms with Crippen LogP contribution >= 0.6 is 0 Å². The number of hydrogen-bond acceptors (Lipinski definition) is 5. The number of cyclic esters (lactones) is 2. The highest BCUT2D eigenvalue weighted by Crippen LogP contribution is 2.25. The van der Waals surface area contributed by atoms with Gasteiger partial charge in [0.15, 0.2) is 0 Å². The van der Waals surface area contributed by atoms with Crippen LogP contribution in [0, 0.1) is 0 Å². The lowest BCUT2D eigenvalue weighted by atomic mass is 10.2. The zero-order valence-corrected chi connectivity index (χ0v) is 10.5. The summed E-state index contributed by atoms with van der Waals surface area (Å²) >= 11 is 0. The fourth-order valence-corrected chi connectivity index (χ4v) is 1.53. The Morgan fingerprint density at radius 3 is 2.37 bits per heavy atom. The molecule has 1 heterocycles. The van der Waals surface area contributed by atoms with E-state index in [-0.39, 0.29) is 6.42 Å². The Hall–Kier alpha value is -2.30. The minimum absolute atomic E-state index is 0.337. The molecule has 0 spiro atoms. The molecule has 1 saturated heterocycles. The first kappa shape index (κ1) is 13.1. The minimum Gasteiger partial charge on any atom is -0.489 e. The predicted octanol–water partition coefficient (Wildman–Crippen LogP) is 2.13. The van der Waals surface area contributed by atoms with Crippen molar-refractivity contribution in [3.8, 4) is 5.75 Å². The van der Waals surface area contributed by atoms with Gasteiger partial charge in [0, 0.05) is 5.56 Å². The number of ether oxygens (including phenoxy) is 3. The van der Waals surface area contributed by atoms with Crippen LogP contribution in [-0.2, 0) is 19.1 Å². The Bertz CT molecular complexity index is 487. The molecule has 0 N–H and O–H groups in total. The quantitative estimate of drug-likeness (QED) is 0.472. The Kier molecular flexibility index (Phi) is 3.85. The summed E-state index contributed by atoms with van der Waals surface area (Å²) in [6.07, 6.45) is -1.31. The summed E-state index contributed by atoms with van der Waals surface area (Å²) in [5, 5.41) is 0. The van der Waals surface area contributed by atoms with E-state index in [9.17, 15) is 9.59 Å². The van der Waals surface area contributed by atoms with Gasteiger partial charge in [0.05, 0.1) is 0 Å². The smallest absolute Gasteiger partial charge is 0.320 e.